The van der Waals surface area contributed by atoms with E-state index in [1.54, 1.807) is 42.5 Å². The van der Waals surface area contributed by atoms with Crippen LogP contribution in [0.5, 0.6) is 0 Å². The van der Waals surface area contributed by atoms with E-state index in [1.807, 2.05) is 6.07 Å². The van der Waals surface area contributed by atoms with Crippen molar-refractivity contribution in [3.05, 3.63) is 59.6 Å². The van der Waals surface area contributed by atoms with Crippen LogP contribution in [0.25, 0.3) is 11.1 Å². The van der Waals surface area contributed by atoms with Crippen LogP contribution in [0, 0.1) is 0 Å². The summed E-state index contributed by atoms with van der Waals surface area (Å²) in [6.45, 7) is 3.54. The Kier molecular flexibility index (Phi) is 4.47. The quantitative estimate of drug-likeness (QED) is 0.793. The first kappa shape index (κ1) is 16.7. The van der Waals surface area contributed by atoms with Crippen LogP contribution in [-0.2, 0) is 14.8 Å². The zero-order chi connectivity index (χ0) is 17.3. The van der Waals surface area contributed by atoms with Crippen molar-refractivity contribution in [3.63, 3.8) is 0 Å². The van der Waals surface area contributed by atoms with Gasteiger partial charge in [-0.25, -0.2) is 8.42 Å². The molecule has 2 aromatic carbocycles. The minimum Gasteiger partial charge on any atom is -0.351 e. The summed E-state index contributed by atoms with van der Waals surface area (Å²) in [5, 5.41) is 2.61. The molecular weight excluding hydrogens is 392 g/mol. The highest BCUT2D eigenvalue weighted by molar-refractivity contribution is 9.10. The molecule has 0 saturated heterocycles. The number of halogens is 1. The summed E-state index contributed by atoms with van der Waals surface area (Å²) in [4.78, 5) is 12.3. The molecule has 3 rings (SSSR count). The molecule has 0 aromatic heterocycles. The maximum absolute atomic E-state index is 13.0. The zero-order valence-corrected chi connectivity index (χ0v) is 15.1. The molecule has 1 aliphatic rings. The van der Waals surface area contributed by atoms with Crippen molar-refractivity contribution in [1.82, 2.24) is 5.32 Å². The van der Waals surface area contributed by atoms with Gasteiger partial charge in [0.2, 0.25) is 5.91 Å². The third kappa shape index (κ3) is 2.85. The Morgan fingerprint density at radius 2 is 1.96 bits per heavy atom. The third-order valence-corrected chi connectivity index (χ3v) is 6.01. The van der Waals surface area contributed by atoms with Gasteiger partial charge in [0, 0.05) is 22.1 Å². The number of nitrogens with zero attached hydrogens (tertiary/aromatic N) is 1. The molecule has 124 valence electrons. The molecule has 0 bridgehead atoms. The van der Waals surface area contributed by atoms with Crippen LogP contribution in [0.3, 0.4) is 0 Å². The highest BCUT2D eigenvalue weighted by atomic mass is 79.9. The largest absolute Gasteiger partial charge is 0.351 e. The number of benzene rings is 2. The Balaban J connectivity index is 2.14. The van der Waals surface area contributed by atoms with E-state index in [9.17, 15) is 13.2 Å². The number of anilines is 1. The topological polar surface area (TPSA) is 66.5 Å². The van der Waals surface area contributed by atoms with Gasteiger partial charge in [0.15, 0.2) is 0 Å². The molecule has 0 spiro atoms. The van der Waals surface area contributed by atoms with Gasteiger partial charge < -0.3 is 5.32 Å². The summed E-state index contributed by atoms with van der Waals surface area (Å²) in [6, 6.07) is 12.1. The Bertz CT molecular complexity index is 925. The van der Waals surface area contributed by atoms with Gasteiger partial charge in [-0.15, -0.1) is 6.58 Å². The second kappa shape index (κ2) is 6.41. The monoisotopic (exact) mass is 406 g/mol. The lowest BCUT2D eigenvalue weighted by atomic mass is 10.0. The Morgan fingerprint density at radius 3 is 2.71 bits per heavy atom. The standard InChI is InChI=1S/C17H15BrN2O3S/c1-2-9-19-17(21)11-20-15-8-7-12(18)10-14(15)13-5-3-4-6-16(13)24(20,22)23/h2-8,10H,1,9,11H2,(H,19,21). The maximum Gasteiger partial charge on any atom is 0.265 e. The maximum atomic E-state index is 13.0. The van der Waals surface area contributed by atoms with Gasteiger partial charge in [0.1, 0.15) is 6.54 Å². The summed E-state index contributed by atoms with van der Waals surface area (Å²) in [6.07, 6.45) is 1.54. The number of carbonyl (C=O) groups excluding carboxylic acids is 1. The average molecular weight is 407 g/mol. The van der Waals surface area contributed by atoms with E-state index in [2.05, 4.69) is 27.8 Å². The van der Waals surface area contributed by atoms with E-state index in [1.165, 1.54) is 0 Å². The van der Waals surface area contributed by atoms with Gasteiger partial charge in [-0.1, -0.05) is 40.2 Å². The average Bonchev–Trinajstić information content (AvgIpc) is 2.57. The first-order chi connectivity index (χ1) is 11.4. The Hall–Kier alpha value is -2.12. The molecule has 2 aromatic rings. The van der Waals surface area contributed by atoms with Gasteiger partial charge in [0.05, 0.1) is 10.6 Å². The minimum absolute atomic E-state index is 0.201. The van der Waals surface area contributed by atoms with Crippen molar-refractivity contribution in [3.8, 4) is 11.1 Å². The lowest BCUT2D eigenvalue weighted by molar-refractivity contribution is -0.119. The smallest absolute Gasteiger partial charge is 0.265 e. The van der Waals surface area contributed by atoms with Crippen LogP contribution in [0.1, 0.15) is 0 Å². The molecule has 1 amide bonds. The number of hydrogen-bond donors (Lipinski definition) is 1. The lowest BCUT2D eigenvalue weighted by Crippen LogP contribution is -2.42. The number of amides is 1. The molecule has 5 nitrogen and oxygen atoms in total. The van der Waals surface area contributed by atoms with Gasteiger partial charge >= 0.3 is 0 Å². The van der Waals surface area contributed by atoms with Crippen molar-refractivity contribution in [2.75, 3.05) is 17.4 Å². The summed E-state index contributed by atoms with van der Waals surface area (Å²) < 4.78 is 27.9. The fraction of sp³-hybridized carbons (Fsp3) is 0.118. The predicted octanol–water partition coefficient (Wildman–Crippen LogP) is 2.93. The third-order valence-electron chi connectivity index (χ3n) is 3.70. The van der Waals surface area contributed by atoms with Gasteiger partial charge in [0.25, 0.3) is 10.0 Å². The molecule has 0 saturated carbocycles. The minimum atomic E-state index is -3.80. The molecule has 7 heteroatoms. The number of hydrogen-bond acceptors (Lipinski definition) is 3. The van der Waals surface area contributed by atoms with Crippen LogP contribution < -0.4 is 9.62 Å². The molecule has 1 N–H and O–H groups in total. The molecule has 24 heavy (non-hydrogen) atoms. The van der Waals surface area contributed by atoms with Crippen LogP contribution >= 0.6 is 15.9 Å². The van der Waals surface area contributed by atoms with Crippen molar-refractivity contribution < 1.29 is 13.2 Å². The van der Waals surface area contributed by atoms with Crippen molar-refractivity contribution >= 4 is 37.5 Å². The fourth-order valence-corrected chi connectivity index (χ4v) is 4.66. The molecule has 0 atom stereocenters. The molecule has 0 radical (unpaired) electrons. The highest BCUT2D eigenvalue weighted by Gasteiger charge is 2.35. The van der Waals surface area contributed by atoms with Crippen LogP contribution in [0.2, 0.25) is 0 Å². The highest BCUT2D eigenvalue weighted by Crippen LogP contribution is 2.43. The number of sulfonamides is 1. The predicted molar refractivity (Wildman–Crippen MR) is 97.3 cm³/mol. The fourth-order valence-electron chi connectivity index (χ4n) is 2.65. The second-order valence-electron chi connectivity index (χ2n) is 5.26. The van der Waals surface area contributed by atoms with Gasteiger partial charge in [-0.3, -0.25) is 9.10 Å². The normalized spacial score (nSPS) is 14.5. The molecule has 1 heterocycles. The van der Waals surface area contributed by atoms with Gasteiger partial charge in [-0.2, -0.15) is 0 Å². The number of nitrogens with one attached hydrogen (secondary N) is 1. The first-order valence-corrected chi connectivity index (χ1v) is 9.48. The van der Waals surface area contributed by atoms with Crippen molar-refractivity contribution in [1.29, 1.82) is 0 Å². The van der Waals surface area contributed by atoms with E-state index >= 15 is 0 Å². The molecule has 1 aliphatic heterocycles. The van der Waals surface area contributed by atoms with E-state index in [-0.39, 0.29) is 23.9 Å². The van der Waals surface area contributed by atoms with Crippen LogP contribution in [0.4, 0.5) is 5.69 Å². The number of carbonyl (C=O) groups is 1. The number of fused-ring (bicyclic) bond motifs is 3. The Labute approximate surface area is 149 Å². The van der Waals surface area contributed by atoms with Gasteiger partial charge in [-0.05, 0) is 24.3 Å². The second-order valence-corrected chi connectivity index (χ2v) is 8.01. The van der Waals surface area contributed by atoms with Crippen molar-refractivity contribution in [2.45, 2.75) is 4.90 Å². The summed E-state index contributed by atoms with van der Waals surface area (Å²) in [7, 11) is -3.80. The first-order valence-electron chi connectivity index (χ1n) is 7.24. The summed E-state index contributed by atoms with van der Waals surface area (Å²) >= 11 is 3.42. The van der Waals surface area contributed by atoms with Crippen LogP contribution in [-0.4, -0.2) is 27.4 Å². The lowest BCUT2D eigenvalue weighted by Gasteiger charge is -2.31. The van der Waals surface area contributed by atoms with Crippen LogP contribution in [0.15, 0.2) is 64.5 Å². The van der Waals surface area contributed by atoms with E-state index in [4.69, 9.17) is 0 Å². The van der Waals surface area contributed by atoms with E-state index < -0.39 is 10.0 Å². The van der Waals surface area contributed by atoms with E-state index in [0.717, 1.165) is 14.3 Å². The van der Waals surface area contributed by atoms with E-state index in [0.29, 0.717) is 11.3 Å². The summed E-state index contributed by atoms with van der Waals surface area (Å²) in [5.41, 5.74) is 1.90. The van der Waals surface area contributed by atoms with Crippen molar-refractivity contribution in [2.24, 2.45) is 0 Å². The molecule has 0 unspecified atom stereocenters. The molecule has 0 aliphatic carbocycles. The summed E-state index contributed by atoms with van der Waals surface area (Å²) in [5.74, 6) is -0.383. The number of rotatable bonds is 4. The Morgan fingerprint density at radius 1 is 1.21 bits per heavy atom. The zero-order valence-electron chi connectivity index (χ0n) is 12.7. The SMILES string of the molecule is C=CCNC(=O)CN1c2ccc(Br)cc2-c2ccccc2S1(=O)=O. The molecular formula is C17H15BrN2O3S. The molecule has 0 fully saturated rings.